The highest BCUT2D eigenvalue weighted by Gasteiger charge is 2.09. The average Bonchev–Trinajstić information content (AvgIpc) is 2.42. The highest BCUT2D eigenvalue weighted by Crippen LogP contribution is 2.22. The van der Waals surface area contributed by atoms with Crippen molar-refractivity contribution in [3.63, 3.8) is 0 Å². The number of ether oxygens (including phenoxy) is 1. The molecular weight excluding hydrogens is 252 g/mol. The van der Waals surface area contributed by atoms with Gasteiger partial charge in [-0.05, 0) is 29.8 Å². The molecule has 0 radical (unpaired) electrons. The van der Waals surface area contributed by atoms with Crippen LogP contribution >= 0.6 is 0 Å². The van der Waals surface area contributed by atoms with E-state index in [2.05, 4.69) is 5.32 Å². The first kappa shape index (κ1) is 13.1. The van der Waals surface area contributed by atoms with Gasteiger partial charge in [-0.1, -0.05) is 6.07 Å². The number of hydrogen-bond acceptors (Lipinski definition) is 3. The third-order valence-corrected chi connectivity index (χ3v) is 2.64. The minimum absolute atomic E-state index is 0.237. The molecule has 0 saturated heterocycles. The summed E-state index contributed by atoms with van der Waals surface area (Å²) in [7, 11) is 1.56. The fraction of sp³-hybridized carbons (Fsp3) is 0.143. The molecule has 19 heavy (non-hydrogen) atoms. The Balaban J connectivity index is 2.10. The van der Waals surface area contributed by atoms with Crippen molar-refractivity contribution in [1.29, 1.82) is 0 Å². The summed E-state index contributed by atoms with van der Waals surface area (Å²) in [6.07, 6.45) is 0. The number of methoxy groups -OCH3 is 1. The van der Waals surface area contributed by atoms with Crippen molar-refractivity contribution in [2.45, 2.75) is 6.54 Å². The highest BCUT2D eigenvalue weighted by molar-refractivity contribution is 5.48. The molecule has 3 nitrogen and oxygen atoms in total. The minimum Gasteiger partial charge on any atom is -0.503 e. The monoisotopic (exact) mass is 265 g/mol. The zero-order chi connectivity index (χ0) is 13.8. The number of rotatable bonds is 4. The van der Waals surface area contributed by atoms with Gasteiger partial charge in [0.1, 0.15) is 5.75 Å². The molecule has 2 aromatic rings. The van der Waals surface area contributed by atoms with Crippen LogP contribution < -0.4 is 10.1 Å². The summed E-state index contributed by atoms with van der Waals surface area (Å²) in [5.74, 6) is -2.21. The maximum Gasteiger partial charge on any atom is 0.187 e. The van der Waals surface area contributed by atoms with Crippen molar-refractivity contribution in [1.82, 2.24) is 0 Å². The molecule has 5 heteroatoms. The Labute approximate surface area is 109 Å². The van der Waals surface area contributed by atoms with Crippen molar-refractivity contribution >= 4 is 5.69 Å². The second kappa shape index (κ2) is 5.56. The lowest BCUT2D eigenvalue weighted by atomic mass is 10.2. The van der Waals surface area contributed by atoms with Gasteiger partial charge in [0.2, 0.25) is 0 Å². The first-order valence-corrected chi connectivity index (χ1v) is 5.65. The SMILES string of the molecule is COc1cccc(NCc2cc(F)c(O)c(F)c2)c1. The van der Waals surface area contributed by atoms with Gasteiger partial charge in [0.05, 0.1) is 7.11 Å². The quantitative estimate of drug-likeness (QED) is 0.891. The maximum atomic E-state index is 13.1. The minimum atomic E-state index is -0.970. The fourth-order valence-corrected chi connectivity index (χ4v) is 1.66. The van der Waals surface area contributed by atoms with Crippen LogP contribution in [0.5, 0.6) is 11.5 Å². The normalized spacial score (nSPS) is 10.3. The molecule has 0 amide bonds. The molecule has 0 fully saturated rings. The lowest BCUT2D eigenvalue weighted by Gasteiger charge is -2.09. The second-order valence-corrected chi connectivity index (χ2v) is 3.99. The zero-order valence-corrected chi connectivity index (χ0v) is 10.3. The molecule has 0 heterocycles. The first-order valence-electron chi connectivity index (χ1n) is 5.65. The Hall–Kier alpha value is -2.30. The summed E-state index contributed by atoms with van der Waals surface area (Å²) in [5.41, 5.74) is 1.17. The van der Waals surface area contributed by atoms with Gasteiger partial charge in [0.25, 0.3) is 0 Å². The molecule has 0 aliphatic heterocycles. The van der Waals surface area contributed by atoms with Gasteiger partial charge in [-0.2, -0.15) is 0 Å². The third-order valence-electron chi connectivity index (χ3n) is 2.64. The molecule has 0 aromatic heterocycles. The number of halogens is 2. The number of benzene rings is 2. The number of phenolic OH excluding ortho intramolecular Hbond substituents is 1. The van der Waals surface area contributed by atoms with Gasteiger partial charge in [0.15, 0.2) is 17.4 Å². The smallest absolute Gasteiger partial charge is 0.187 e. The Morgan fingerprint density at radius 3 is 2.47 bits per heavy atom. The van der Waals surface area contributed by atoms with Crippen LogP contribution in [0.3, 0.4) is 0 Å². The molecule has 0 spiro atoms. The van der Waals surface area contributed by atoms with E-state index >= 15 is 0 Å². The molecular formula is C14H13F2NO2. The highest BCUT2D eigenvalue weighted by atomic mass is 19.1. The number of nitrogens with one attached hydrogen (secondary N) is 1. The van der Waals surface area contributed by atoms with E-state index in [0.29, 0.717) is 11.3 Å². The molecule has 100 valence electrons. The second-order valence-electron chi connectivity index (χ2n) is 3.99. The van der Waals surface area contributed by atoms with Crippen LogP contribution in [0.25, 0.3) is 0 Å². The lowest BCUT2D eigenvalue weighted by Crippen LogP contribution is -2.01. The van der Waals surface area contributed by atoms with Gasteiger partial charge in [-0.25, -0.2) is 8.78 Å². The molecule has 0 saturated carbocycles. The first-order chi connectivity index (χ1) is 9.10. The number of aromatic hydroxyl groups is 1. The van der Waals surface area contributed by atoms with Crippen molar-refractivity contribution in [2.24, 2.45) is 0 Å². The van der Waals surface area contributed by atoms with Crippen molar-refractivity contribution in [2.75, 3.05) is 12.4 Å². The number of anilines is 1. The summed E-state index contributed by atoms with van der Waals surface area (Å²) in [6, 6.07) is 9.37. The number of phenols is 1. The van der Waals surface area contributed by atoms with Crippen molar-refractivity contribution in [3.8, 4) is 11.5 Å². The molecule has 0 bridgehead atoms. The zero-order valence-electron chi connectivity index (χ0n) is 10.3. The standard InChI is InChI=1S/C14H13F2NO2/c1-19-11-4-2-3-10(7-11)17-8-9-5-12(15)14(18)13(16)6-9/h2-7,17-18H,8H2,1H3. The topological polar surface area (TPSA) is 41.5 Å². The van der Waals surface area contributed by atoms with E-state index < -0.39 is 17.4 Å². The Morgan fingerprint density at radius 2 is 1.84 bits per heavy atom. The van der Waals surface area contributed by atoms with E-state index in [9.17, 15) is 8.78 Å². The van der Waals surface area contributed by atoms with Gasteiger partial charge in [-0.3, -0.25) is 0 Å². The van der Waals surface area contributed by atoms with Crippen LogP contribution in [-0.2, 0) is 6.54 Å². The van der Waals surface area contributed by atoms with Crippen LogP contribution in [0.4, 0.5) is 14.5 Å². The van der Waals surface area contributed by atoms with Crippen LogP contribution in [-0.4, -0.2) is 12.2 Å². The molecule has 2 rings (SSSR count). The van der Waals surface area contributed by atoms with Gasteiger partial charge < -0.3 is 15.2 Å². The molecule has 2 aromatic carbocycles. The van der Waals surface area contributed by atoms with Crippen molar-refractivity contribution in [3.05, 3.63) is 53.6 Å². The largest absolute Gasteiger partial charge is 0.503 e. The summed E-state index contributed by atoms with van der Waals surface area (Å²) >= 11 is 0. The third kappa shape index (κ3) is 3.13. The Kier molecular flexibility index (Phi) is 3.85. The van der Waals surface area contributed by atoms with Crippen molar-refractivity contribution < 1.29 is 18.6 Å². The average molecular weight is 265 g/mol. The summed E-state index contributed by atoms with van der Waals surface area (Å²) in [5, 5.41) is 12.0. The fourth-order valence-electron chi connectivity index (χ4n) is 1.66. The van der Waals surface area contributed by atoms with E-state index in [1.807, 2.05) is 6.07 Å². The van der Waals surface area contributed by atoms with Gasteiger partial charge >= 0.3 is 0 Å². The van der Waals surface area contributed by atoms with Crippen LogP contribution in [0.2, 0.25) is 0 Å². The molecule has 0 aliphatic rings. The van der Waals surface area contributed by atoms with E-state index in [-0.39, 0.29) is 6.54 Å². The van der Waals surface area contributed by atoms with Gasteiger partial charge in [0, 0.05) is 18.3 Å². The van der Waals surface area contributed by atoms with E-state index in [4.69, 9.17) is 9.84 Å². The summed E-state index contributed by atoms with van der Waals surface area (Å²) in [4.78, 5) is 0. The summed E-state index contributed by atoms with van der Waals surface area (Å²) in [6.45, 7) is 0.237. The Bertz CT molecular complexity index is 564. The van der Waals surface area contributed by atoms with Crippen LogP contribution in [0.1, 0.15) is 5.56 Å². The molecule has 2 N–H and O–H groups in total. The lowest BCUT2D eigenvalue weighted by molar-refractivity contribution is 0.395. The maximum absolute atomic E-state index is 13.1. The van der Waals surface area contributed by atoms with E-state index in [0.717, 1.165) is 17.8 Å². The number of hydrogen-bond donors (Lipinski definition) is 2. The predicted octanol–water partition coefficient (Wildman–Crippen LogP) is 3.29. The molecule has 0 aliphatic carbocycles. The van der Waals surface area contributed by atoms with Crippen LogP contribution in [0.15, 0.2) is 36.4 Å². The molecule has 0 atom stereocenters. The van der Waals surface area contributed by atoms with Gasteiger partial charge in [-0.15, -0.1) is 0 Å². The molecule has 0 unspecified atom stereocenters. The van der Waals surface area contributed by atoms with E-state index in [1.54, 1.807) is 25.3 Å². The Morgan fingerprint density at radius 1 is 1.16 bits per heavy atom. The van der Waals surface area contributed by atoms with Crippen LogP contribution in [0, 0.1) is 11.6 Å². The summed E-state index contributed by atoms with van der Waals surface area (Å²) < 4.78 is 31.4. The van der Waals surface area contributed by atoms with E-state index in [1.165, 1.54) is 0 Å². The predicted molar refractivity (Wildman–Crippen MR) is 68.3 cm³/mol.